The number of hydrogen-bond donors (Lipinski definition) is 2. The van der Waals surface area contributed by atoms with Crippen LogP contribution in [0.15, 0.2) is 48.5 Å². The first-order valence-electron chi connectivity index (χ1n) is 13.8. The number of nitrogens with zero attached hydrogens (tertiary/aromatic N) is 2. The second kappa shape index (κ2) is 10.8. The van der Waals surface area contributed by atoms with E-state index < -0.39 is 47.5 Å². The molecule has 4 aliphatic rings. The van der Waals surface area contributed by atoms with E-state index in [0.717, 1.165) is 9.80 Å². The molecular formula is C32H22N4O10. The summed E-state index contributed by atoms with van der Waals surface area (Å²) in [7, 11) is 1.42. The van der Waals surface area contributed by atoms with E-state index in [-0.39, 0.29) is 46.2 Å². The number of esters is 4. The van der Waals surface area contributed by atoms with Crippen LogP contribution in [0.1, 0.15) is 89.8 Å². The Labute approximate surface area is 258 Å². The number of carbonyl (C=O) groups is 8. The minimum Gasteiger partial charge on any atom is -0.386 e. The Balaban J connectivity index is 0.000000150. The monoisotopic (exact) mass is 622 g/mol. The number of rotatable bonds is 1. The number of hydrogen-bond acceptors (Lipinski definition) is 12. The molecule has 46 heavy (non-hydrogen) atoms. The molecule has 8 rings (SSSR count). The van der Waals surface area contributed by atoms with Gasteiger partial charge in [0.1, 0.15) is 0 Å². The second-order valence-electron chi connectivity index (χ2n) is 10.3. The van der Waals surface area contributed by atoms with Crippen molar-refractivity contribution in [1.29, 1.82) is 0 Å². The van der Waals surface area contributed by atoms with Gasteiger partial charge in [-0.05, 0) is 55.5 Å². The van der Waals surface area contributed by atoms with Crippen LogP contribution in [0.25, 0.3) is 21.5 Å². The highest BCUT2D eigenvalue weighted by atomic mass is 16.6. The summed E-state index contributed by atoms with van der Waals surface area (Å²) in [4.78, 5) is 98.9. The van der Waals surface area contributed by atoms with Crippen LogP contribution in [-0.4, -0.2) is 77.6 Å². The summed E-state index contributed by atoms with van der Waals surface area (Å²) in [6.45, 7) is 2.24. The first-order chi connectivity index (χ1) is 22.0. The number of nitrogens with two attached hydrogens (primary N) is 2. The number of imide groups is 2. The SMILES string of the molecule is CCN1C(=O)c2ccc3c4c(ccc(c24)C1=O)C(=O)N(C)C3=O.NCN.O=C1OC(=O)c2ccc3c4c(ccc1c24)C(=O)OC3=O. The van der Waals surface area contributed by atoms with E-state index in [2.05, 4.69) is 20.9 Å². The van der Waals surface area contributed by atoms with Crippen LogP contribution < -0.4 is 11.5 Å². The Morgan fingerprint density at radius 2 is 0.717 bits per heavy atom. The van der Waals surface area contributed by atoms with Gasteiger partial charge in [-0.3, -0.25) is 29.0 Å². The second-order valence-corrected chi connectivity index (χ2v) is 10.3. The Morgan fingerprint density at radius 3 is 1.00 bits per heavy atom. The van der Waals surface area contributed by atoms with Crippen LogP contribution in [0.5, 0.6) is 0 Å². The predicted octanol–water partition coefficient (Wildman–Crippen LogP) is 2.00. The molecule has 0 saturated heterocycles. The topological polar surface area (TPSA) is 214 Å². The van der Waals surface area contributed by atoms with Gasteiger partial charge in [0.2, 0.25) is 0 Å². The molecule has 0 fully saturated rings. The Hall–Kier alpha value is -6.12. The molecule has 4 N–H and O–H groups in total. The van der Waals surface area contributed by atoms with E-state index in [1.807, 2.05) is 0 Å². The maximum atomic E-state index is 12.5. The molecule has 0 spiro atoms. The predicted molar refractivity (Wildman–Crippen MR) is 158 cm³/mol. The van der Waals surface area contributed by atoms with Gasteiger partial charge in [-0.15, -0.1) is 0 Å². The smallest absolute Gasteiger partial charge is 0.346 e. The molecule has 14 nitrogen and oxygen atoms in total. The molecule has 4 aliphatic heterocycles. The summed E-state index contributed by atoms with van der Waals surface area (Å²) >= 11 is 0. The van der Waals surface area contributed by atoms with E-state index in [9.17, 15) is 38.4 Å². The Morgan fingerprint density at radius 1 is 0.478 bits per heavy atom. The lowest BCUT2D eigenvalue weighted by molar-refractivity contribution is 0.0366. The fraction of sp³-hybridized carbons (Fsp3) is 0.125. The average Bonchev–Trinajstić information content (AvgIpc) is 3.04. The fourth-order valence-electron chi connectivity index (χ4n) is 5.90. The van der Waals surface area contributed by atoms with Crippen LogP contribution >= 0.6 is 0 Å². The number of cyclic esters (lactones) is 4. The molecule has 4 heterocycles. The van der Waals surface area contributed by atoms with Crippen LogP contribution in [-0.2, 0) is 9.47 Å². The minimum absolute atomic E-state index is 0.155. The molecule has 0 saturated carbocycles. The van der Waals surface area contributed by atoms with Crippen molar-refractivity contribution in [2.45, 2.75) is 6.92 Å². The summed E-state index contributed by atoms with van der Waals surface area (Å²) in [5.74, 6) is -4.82. The molecule has 4 aromatic carbocycles. The van der Waals surface area contributed by atoms with Gasteiger partial charge in [-0.25, -0.2) is 19.2 Å². The third-order valence-corrected chi connectivity index (χ3v) is 7.91. The molecule has 4 aromatic rings. The van der Waals surface area contributed by atoms with Crippen molar-refractivity contribution in [3.8, 4) is 0 Å². The van der Waals surface area contributed by atoms with Crippen molar-refractivity contribution in [2.24, 2.45) is 11.5 Å². The largest absolute Gasteiger partial charge is 0.386 e. The quantitative estimate of drug-likeness (QED) is 0.135. The van der Waals surface area contributed by atoms with Crippen LogP contribution in [0.4, 0.5) is 0 Å². The van der Waals surface area contributed by atoms with Gasteiger partial charge < -0.3 is 20.9 Å². The molecule has 0 aliphatic carbocycles. The van der Waals surface area contributed by atoms with Crippen molar-refractivity contribution in [3.05, 3.63) is 93.0 Å². The number of benzene rings is 4. The van der Waals surface area contributed by atoms with Crippen molar-refractivity contribution < 1.29 is 47.8 Å². The average molecular weight is 623 g/mol. The summed E-state index contributed by atoms with van der Waals surface area (Å²) in [5.41, 5.74) is 11.3. The zero-order chi connectivity index (χ0) is 33.2. The normalized spacial score (nSPS) is 15.7. The van der Waals surface area contributed by atoms with Crippen molar-refractivity contribution >= 4 is 69.1 Å². The van der Waals surface area contributed by atoms with Crippen LogP contribution in [0, 0.1) is 0 Å². The van der Waals surface area contributed by atoms with E-state index >= 15 is 0 Å². The molecule has 0 unspecified atom stereocenters. The van der Waals surface area contributed by atoms with Gasteiger partial charge in [0.25, 0.3) is 23.6 Å². The molecule has 230 valence electrons. The third-order valence-electron chi connectivity index (χ3n) is 7.91. The van der Waals surface area contributed by atoms with Crippen molar-refractivity contribution in [3.63, 3.8) is 0 Å². The first-order valence-corrected chi connectivity index (χ1v) is 13.8. The number of carbonyl (C=O) groups excluding carboxylic acids is 8. The minimum atomic E-state index is -0.794. The highest BCUT2D eigenvalue weighted by Crippen LogP contribution is 2.38. The third kappa shape index (κ3) is 4.12. The fourth-order valence-corrected chi connectivity index (χ4v) is 5.90. The lowest BCUT2D eigenvalue weighted by atomic mass is 9.86. The molecule has 0 aromatic heterocycles. The van der Waals surface area contributed by atoms with Crippen molar-refractivity contribution in [2.75, 3.05) is 20.3 Å². The van der Waals surface area contributed by atoms with Gasteiger partial charge in [0, 0.05) is 64.1 Å². The molecule has 0 bridgehead atoms. The van der Waals surface area contributed by atoms with Crippen molar-refractivity contribution in [1.82, 2.24) is 9.80 Å². The molecule has 4 amide bonds. The van der Waals surface area contributed by atoms with Gasteiger partial charge >= 0.3 is 23.9 Å². The summed E-state index contributed by atoms with van der Waals surface area (Å²) < 4.78 is 9.22. The Kier molecular flexibility index (Phi) is 7.03. The lowest BCUT2D eigenvalue weighted by Gasteiger charge is -2.30. The maximum Gasteiger partial charge on any atom is 0.346 e. The standard InChI is InChI=1S/C17H12N2O4.C14H4O6.CH6N2/c1-3-19-16(22)10-6-4-8-12-9(15(21)18(2)14(8)20)5-7-11(13(10)12)17(19)23;15-11-5-1-2-6-10-8(14(18)20-12(6)16)4-3-7(9(5)10)13(17)19-11;2-1-3/h4-7H,3H2,1-2H3;1-4H;1-3H2. The lowest BCUT2D eigenvalue weighted by Crippen LogP contribution is -2.42. The van der Waals surface area contributed by atoms with Gasteiger partial charge in [0.05, 0.1) is 22.3 Å². The van der Waals surface area contributed by atoms with E-state index in [4.69, 9.17) is 0 Å². The van der Waals surface area contributed by atoms with E-state index in [0.29, 0.717) is 33.0 Å². The summed E-state index contributed by atoms with van der Waals surface area (Å²) in [6.07, 6.45) is 0. The maximum absolute atomic E-state index is 12.5. The summed E-state index contributed by atoms with van der Waals surface area (Å²) in [5, 5.41) is 1.36. The van der Waals surface area contributed by atoms with E-state index in [1.54, 1.807) is 31.2 Å². The van der Waals surface area contributed by atoms with Gasteiger partial charge in [-0.1, -0.05) is 0 Å². The number of amides is 4. The summed E-state index contributed by atoms with van der Waals surface area (Å²) in [6, 6.07) is 11.8. The molecule has 14 heteroatoms. The van der Waals surface area contributed by atoms with Crippen LogP contribution in [0.2, 0.25) is 0 Å². The molecule has 0 radical (unpaired) electrons. The van der Waals surface area contributed by atoms with Gasteiger partial charge in [-0.2, -0.15) is 0 Å². The zero-order valence-corrected chi connectivity index (χ0v) is 24.2. The molecule has 0 atom stereocenters. The highest BCUT2D eigenvalue weighted by molar-refractivity contribution is 6.33. The zero-order valence-electron chi connectivity index (χ0n) is 24.2. The highest BCUT2D eigenvalue weighted by Gasteiger charge is 2.38. The molecular weight excluding hydrogens is 600 g/mol. The number of ether oxygens (including phenoxy) is 2. The first kappa shape index (κ1) is 29.9. The van der Waals surface area contributed by atoms with Crippen LogP contribution in [0.3, 0.4) is 0 Å². The van der Waals surface area contributed by atoms with Gasteiger partial charge in [0.15, 0.2) is 0 Å². The van der Waals surface area contributed by atoms with E-state index in [1.165, 1.54) is 31.3 Å². The Bertz CT molecular complexity index is 1960.